The molecule has 5 rings (SSSR count). The van der Waals surface area contributed by atoms with E-state index in [1.807, 2.05) is 42.5 Å². The Morgan fingerprint density at radius 2 is 1.86 bits per heavy atom. The summed E-state index contributed by atoms with van der Waals surface area (Å²) in [7, 11) is 0. The van der Waals surface area contributed by atoms with Crippen molar-refractivity contribution in [2.75, 3.05) is 0 Å². The second-order valence-corrected chi connectivity index (χ2v) is 10.9. The van der Waals surface area contributed by atoms with Gasteiger partial charge in [0, 0.05) is 11.9 Å². The van der Waals surface area contributed by atoms with Crippen LogP contribution in [-0.2, 0) is 15.5 Å². The Balaban J connectivity index is 1.76. The molecular formula is C27H24ClF2N3O2S. The molecule has 0 N–H and O–H groups in total. The molecule has 0 fully saturated rings. The maximum atomic E-state index is 14.7. The lowest BCUT2D eigenvalue weighted by Crippen LogP contribution is -2.18. The van der Waals surface area contributed by atoms with E-state index in [0.29, 0.717) is 10.7 Å². The highest BCUT2D eigenvalue weighted by Crippen LogP contribution is 2.52. The zero-order valence-electron chi connectivity index (χ0n) is 19.9. The summed E-state index contributed by atoms with van der Waals surface area (Å²) >= 11 is 7.90. The molecule has 1 aromatic heterocycles. The third kappa shape index (κ3) is 4.60. The molecule has 5 nitrogen and oxygen atoms in total. The van der Waals surface area contributed by atoms with E-state index in [0.717, 1.165) is 28.8 Å². The van der Waals surface area contributed by atoms with Crippen molar-refractivity contribution >= 4 is 40.1 Å². The largest absolute Gasteiger partial charge is 0.463 e. The highest BCUT2D eigenvalue weighted by molar-refractivity contribution is 8.00. The average Bonchev–Trinajstić information content (AvgIpc) is 3.22. The number of nitrogens with zero attached hydrogens (tertiary/aromatic N) is 3. The Labute approximate surface area is 216 Å². The van der Waals surface area contributed by atoms with Crippen molar-refractivity contribution in [2.45, 2.75) is 49.7 Å². The second-order valence-electron chi connectivity index (χ2n) is 9.12. The number of halogens is 3. The number of carbonyl (C=O) groups is 1. The number of rotatable bonds is 5. The van der Waals surface area contributed by atoms with Crippen molar-refractivity contribution in [1.29, 1.82) is 0 Å². The summed E-state index contributed by atoms with van der Waals surface area (Å²) in [5.41, 5.74) is 2.25. The predicted molar refractivity (Wildman–Crippen MR) is 138 cm³/mol. The van der Waals surface area contributed by atoms with E-state index in [-0.39, 0.29) is 23.6 Å². The number of esters is 1. The number of ether oxygens (including phenoxy) is 1. The number of carbonyl (C=O) groups excluding carboxylic acids is 1. The fraction of sp³-hybridized carbons (Fsp3) is 0.296. The van der Waals surface area contributed by atoms with E-state index < -0.39 is 23.0 Å². The Kier molecular flexibility index (Phi) is 6.51. The van der Waals surface area contributed by atoms with Gasteiger partial charge in [-0.05, 0) is 53.9 Å². The van der Waals surface area contributed by atoms with E-state index >= 15 is 0 Å². The fourth-order valence-corrected chi connectivity index (χ4v) is 6.29. The Morgan fingerprint density at radius 3 is 2.61 bits per heavy atom. The van der Waals surface area contributed by atoms with Crippen molar-refractivity contribution in [3.63, 3.8) is 0 Å². The van der Waals surface area contributed by atoms with Gasteiger partial charge >= 0.3 is 11.9 Å². The Bertz CT molecular complexity index is 1450. The summed E-state index contributed by atoms with van der Waals surface area (Å²) in [5.74, 6) is -3.89. The first kappa shape index (κ1) is 24.7. The molecule has 2 heterocycles. The number of aromatic nitrogens is 3. The summed E-state index contributed by atoms with van der Waals surface area (Å²) in [6.45, 7) is 4.34. The van der Waals surface area contributed by atoms with Gasteiger partial charge in [-0.15, -0.1) is 22.0 Å². The molecule has 0 bridgehead atoms. The normalized spacial score (nSPS) is 17.5. The van der Waals surface area contributed by atoms with E-state index in [9.17, 15) is 13.6 Å². The first-order valence-electron chi connectivity index (χ1n) is 11.6. The molecule has 0 saturated heterocycles. The molecular weight excluding hydrogens is 504 g/mol. The minimum atomic E-state index is -3.25. The monoisotopic (exact) mass is 527 g/mol. The van der Waals surface area contributed by atoms with Gasteiger partial charge in [0.1, 0.15) is 0 Å². The molecule has 186 valence electrons. The molecule has 0 unspecified atom stereocenters. The number of fused-ring (bicyclic) bond motifs is 4. The van der Waals surface area contributed by atoms with Crippen LogP contribution in [0.4, 0.5) is 8.78 Å². The van der Waals surface area contributed by atoms with Crippen molar-refractivity contribution < 1.29 is 18.3 Å². The lowest BCUT2D eigenvalue weighted by molar-refractivity contribution is -0.147. The third-order valence-corrected chi connectivity index (χ3v) is 7.73. The van der Waals surface area contributed by atoms with Crippen LogP contribution in [0.5, 0.6) is 0 Å². The minimum Gasteiger partial charge on any atom is -0.463 e. The van der Waals surface area contributed by atoms with Gasteiger partial charge in [0.25, 0.3) is 0 Å². The molecule has 1 aliphatic heterocycles. The van der Waals surface area contributed by atoms with Crippen molar-refractivity contribution in [2.24, 2.45) is 0 Å². The molecule has 3 aromatic carbocycles. The van der Waals surface area contributed by atoms with Gasteiger partial charge in [0.2, 0.25) is 5.82 Å². The van der Waals surface area contributed by atoms with Crippen LogP contribution < -0.4 is 0 Å². The summed E-state index contributed by atoms with van der Waals surface area (Å²) in [4.78, 5) is 12.8. The standard InChI is InChI=1S/C27H24ClF2N3O2S/c1-15(2)35-23(34)14-22-25-31-32-26(27(3,29)30)33(25)21-12-11-17(28)13-20(21)24(36-22)19-10-6-8-16-7-4-5-9-18(16)19/h4-13,15,22,24H,14H2,1-3H3/t22-,24-/m1/s1. The SMILES string of the molecule is CC(C)OC(=O)C[C@H]1S[C@H](c2cccc3ccccc23)c2cc(Cl)ccc2-n2c1nnc2C(C)(F)F. The minimum absolute atomic E-state index is 0.0424. The maximum Gasteiger partial charge on any atom is 0.307 e. The lowest BCUT2D eigenvalue weighted by Gasteiger charge is -2.23. The van der Waals surface area contributed by atoms with E-state index in [1.165, 1.54) is 16.3 Å². The van der Waals surface area contributed by atoms with Crippen LogP contribution in [0.1, 0.15) is 60.5 Å². The molecule has 0 radical (unpaired) electrons. The van der Waals surface area contributed by atoms with Crippen molar-refractivity contribution in [1.82, 2.24) is 14.8 Å². The Hall–Kier alpha value is -2.97. The molecule has 1 aliphatic rings. The first-order chi connectivity index (χ1) is 17.1. The van der Waals surface area contributed by atoms with E-state index in [2.05, 4.69) is 10.2 Å². The number of alkyl halides is 2. The van der Waals surface area contributed by atoms with Crippen LogP contribution in [0.3, 0.4) is 0 Å². The molecule has 2 atom stereocenters. The predicted octanol–water partition coefficient (Wildman–Crippen LogP) is 7.40. The van der Waals surface area contributed by atoms with Gasteiger partial charge in [-0.25, -0.2) is 0 Å². The summed E-state index contributed by atoms with van der Waals surface area (Å²) in [5, 5.41) is 9.71. The molecule has 4 aromatic rings. The van der Waals surface area contributed by atoms with Crippen LogP contribution in [0.2, 0.25) is 5.02 Å². The number of thioether (sulfide) groups is 1. The molecule has 0 amide bonds. The molecule has 9 heteroatoms. The first-order valence-corrected chi connectivity index (χ1v) is 12.9. The van der Waals surface area contributed by atoms with Gasteiger partial charge in [0.15, 0.2) is 5.82 Å². The smallest absolute Gasteiger partial charge is 0.307 e. The molecule has 0 spiro atoms. The third-order valence-electron chi connectivity index (χ3n) is 6.01. The Morgan fingerprint density at radius 1 is 1.11 bits per heavy atom. The van der Waals surface area contributed by atoms with Crippen LogP contribution >= 0.6 is 23.4 Å². The van der Waals surface area contributed by atoms with Gasteiger partial charge in [0.05, 0.1) is 28.7 Å². The van der Waals surface area contributed by atoms with Gasteiger partial charge in [-0.3, -0.25) is 9.36 Å². The summed E-state index contributed by atoms with van der Waals surface area (Å²) in [6.07, 6.45) is -0.342. The van der Waals surface area contributed by atoms with Crippen LogP contribution in [-0.4, -0.2) is 26.8 Å². The molecule has 0 saturated carbocycles. The van der Waals surface area contributed by atoms with Crippen LogP contribution in [0, 0.1) is 0 Å². The molecule has 0 aliphatic carbocycles. The van der Waals surface area contributed by atoms with E-state index in [4.69, 9.17) is 16.3 Å². The summed E-state index contributed by atoms with van der Waals surface area (Å²) < 4.78 is 36.2. The lowest BCUT2D eigenvalue weighted by atomic mass is 9.96. The zero-order chi connectivity index (χ0) is 25.6. The number of hydrogen-bond acceptors (Lipinski definition) is 5. The molecule has 36 heavy (non-hydrogen) atoms. The van der Waals surface area contributed by atoms with Gasteiger partial charge in [-0.2, -0.15) is 8.78 Å². The van der Waals surface area contributed by atoms with Gasteiger partial charge < -0.3 is 4.74 Å². The topological polar surface area (TPSA) is 57.0 Å². The van der Waals surface area contributed by atoms with Crippen molar-refractivity contribution in [3.8, 4) is 5.69 Å². The highest BCUT2D eigenvalue weighted by Gasteiger charge is 2.40. The second kappa shape index (κ2) is 9.48. The van der Waals surface area contributed by atoms with Gasteiger partial charge in [-0.1, -0.05) is 54.1 Å². The highest BCUT2D eigenvalue weighted by atomic mass is 35.5. The van der Waals surface area contributed by atoms with Crippen LogP contribution in [0.25, 0.3) is 16.5 Å². The number of benzene rings is 3. The van der Waals surface area contributed by atoms with Crippen LogP contribution in [0.15, 0.2) is 60.7 Å². The van der Waals surface area contributed by atoms with Crippen molar-refractivity contribution in [3.05, 3.63) is 88.5 Å². The van der Waals surface area contributed by atoms with E-state index in [1.54, 1.807) is 32.0 Å². The summed E-state index contributed by atoms with van der Waals surface area (Å²) in [6, 6.07) is 19.2. The fourth-order valence-electron chi connectivity index (χ4n) is 4.59. The maximum absolute atomic E-state index is 14.7. The average molecular weight is 528 g/mol. The zero-order valence-corrected chi connectivity index (χ0v) is 21.5. The number of hydrogen-bond donors (Lipinski definition) is 0. The quantitative estimate of drug-likeness (QED) is 0.253.